The normalized spacial score (nSPS) is 14.1. The maximum atomic E-state index is 13.3. The number of halogens is 1. The minimum absolute atomic E-state index is 0.0864. The highest BCUT2D eigenvalue weighted by Crippen LogP contribution is 2.29. The van der Waals surface area contributed by atoms with Crippen molar-refractivity contribution in [3.63, 3.8) is 0 Å². The number of nitrogens with zero attached hydrogens (tertiary/aromatic N) is 4. The first kappa shape index (κ1) is 16.0. The number of likely N-dealkylation sites (tertiary alicyclic amines) is 1. The molecule has 6 nitrogen and oxygen atoms in total. The summed E-state index contributed by atoms with van der Waals surface area (Å²) in [6.07, 6.45) is 2.62. The average Bonchev–Trinajstić information content (AvgIpc) is 3.08. The Morgan fingerprint density at radius 1 is 1.32 bits per heavy atom. The molecule has 1 aliphatic rings. The van der Waals surface area contributed by atoms with Crippen LogP contribution in [0.3, 0.4) is 0 Å². The standard InChI is InChI=1S/C17H17FN4O2S/c1-11-3-4-14(25-11)12-7-13-16(19-8-12)22(10-18)17(24)21(13)9-15(23)20-5-2-6-20/h3-4,7-8H,2,5-6,9-10H2,1H3. The van der Waals surface area contributed by atoms with Crippen LogP contribution >= 0.6 is 11.3 Å². The van der Waals surface area contributed by atoms with E-state index in [9.17, 15) is 14.0 Å². The number of imidazole rings is 1. The van der Waals surface area contributed by atoms with Gasteiger partial charge in [-0.1, -0.05) is 0 Å². The molecule has 1 fully saturated rings. The summed E-state index contributed by atoms with van der Waals surface area (Å²) < 4.78 is 15.6. The van der Waals surface area contributed by atoms with Crippen molar-refractivity contribution >= 4 is 28.4 Å². The van der Waals surface area contributed by atoms with Crippen LogP contribution in [0, 0.1) is 6.92 Å². The van der Waals surface area contributed by atoms with Crippen LogP contribution in [0.5, 0.6) is 0 Å². The number of aromatic nitrogens is 3. The number of rotatable bonds is 4. The van der Waals surface area contributed by atoms with E-state index < -0.39 is 12.5 Å². The highest BCUT2D eigenvalue weighted by Gasteiger charge is 2.23. The quantitative estimate of drug-likeness (QED) is 0.718. The van der Waals surface area contributed by atoms with Crippen molar-refractivity contribution in [1.82, 2.24) is 19.0 Å². The third-order valence-electron chi connectivity index (χ3n) is 4.50. The van der Waals surface area contributed by atoms with E-state index in [1.54, 1.807) is 22.4 Å². The third kappa shape index (κ3) is 2.66. The zero-order valence-electron chi connectivity index (χ0n) is 13.7. The summed E-state index contributed by atoms with van der Waals surface area (Å²) in [4.78, 5) is 33.0. The Morgan fingerprint density at radius 2 is 2.12 bits per heavy atom. The average molecular weight is 360 g/mol. The molecule has 0 aromatic carbocycles. The van der Waals surface area contributed by atoms with Gasteiger partial charge in [-0.2, -0.15) is 0 Å². The van der Waals surface area contributed by atoms with Gasteiger partial charge >= 0.3 is 5.69 Å². The van der Waals surface area contributed by atoms with E-state index in [1.807, 2.05) is 25.1 Å². The molecule has 0 unspecified atom stereocenters. The molecule has 1 saturated heterocycles. The minimum atomic E-state index is -0.968. The van der Waals surface area contributed by atoms with Gasteiger partial charge in [-0.05, 0) is 31.5 Å². The molecule has 130 valence electrons. The molecule has 0 spiro atoms. The summed E-state index contributed by atoms with van der Waals surface area (Å²) in [5, 5.41) is 0. The highest BCUT2D eigenvalue weighted by atomic mass is 32.1. The molecule has 0 bridgehead atoms. The number of fused-ring (bicyclic) bond motifs is 1. The van der Waals surface area contributed by atoms with Crippen molar-refractivity contribution in [3.05, 3.63) is 39.8 Å². The van der Waals surface area contributed by atoms with E-state index in [4.69, 9.17) is 0 Å². The van der Waals surface area contributed by atoms with Gasteiger partial charge in [0.25, 0.3) is 0 Å². The number of amides is 1. The Hall–Kier alpha value is -2.48. The monoisotopic (exact) mass is 360 g/mol. The van der Waals surface area contributed by atoms with Gasteiger partial charge in [-0.3, -0.25) is 9.36 Å². The van der Waals surface area contributed by atoms with Crippen molar-refractivity contribution in [2.45, 2.75) is 26.7 Å². The fourth-order valence-electron chi connectivity index (χ4n) is 2.98. The summed E-state index contributed by atoms with van der Waals surface area (Å²) in [6, 6.07) is 5.81. The lowest BCUT2D eigenvalue weighted by Gasteiger charge is -2.30. The Balaban J connectivity index is 1.83. The second-order valence-corrected chi connectivity index (χ2v) is 7.42. The molecule has 0 aliphatic carbocycles. The zero-order chi connectivity index (χ0) is 17.6. The second-order valence-electron chi connectivity index (χ2n) is 6.13. The van der Waals surface area contributed by atoms with E-state index in [0.717, 1.165) is 21.4 Å². The van der Waals surface area contributed by atoms with Crippen LogP contribution in [-0.2, 0) is 18.1 Å². The molecule has 4 rings (SSSR count). The van der Waals surface area contributed by atoms with Crippen LogP contribution in [0.25, 0.3) is 21.6 Å². The highest BCUT2D eigenvalue weighted by molar-refractivity contribution is 7.15. The van der Waals surface area contributed by atoms with Crippen LogP contribution in [0.4, 0.5) is 4.39 Å². The van der Waals surface area contributed by atoms with Gasteiger partial charge in [-0.15, -0.1) is 11.3 Å². The maximum absolute atomic E-state index is 13.3. The summed E-state index contributed by atoms with van der Waals surface area (Å²) in [5.74, 6) is -0.122. The molecule has 25 heavy (non-hydrogen) atoms. The molecular weight excluding hydrogens is 343 g/mol. The summed E-state index contributed by atoms with van der Waals surface area (Å²) in [7, 11) is 0. The molecule has 1 aliphatic heterocycles. The molecule has 3 aromatic rings. The van der Waals surface area contributed by atoms with Crippen LogP contribution < -0.4 is 5.69 Å². The van der Waals surface area contributed by atoms with Gasteiger partial charge in [0, 0.05) is 34.6 Å². The topological polar surface area (TPSA) is 60.1 Å². The summed E-state index contributed by atoms with van der Waals surface area (Å²) in [6.45, 7) is 2.39. The Bertz CT molecular complexity index is 1020. The predicted octanol–water partition coefficient (Wildman–Crippen LogP) is 2.39. The summed E-state index contributed by atoms with van der Waals surface area (Å²) >= 11 is 1.62. The molecule has 4 heterocycles. The SMILES string of the molecule is Cc1ccc(-c2cnc3c(c2)n(CC(=O)N2CCC2)c(=O)n3CF)s1. The molecular formula is C17H17FN4O2S. The maximum Gasteiger partial charge on any atom is 0.332 e. The van der Waals surface area contributed by atoms with Gasteiger partial charge in [-0.25, -0.2) is 18.7 Å². The molecule has 1 amide bonds. The third-order valence-corrected chi connectivity index (χ3v) is 5.55. The van der Waals surface area contributed by atoms with Gasteiger partial charge in [0.1, 0.15) is 6.54 Å². The number of carbonyl (C=O) groups is 1. The molecule has 3 aromatic heterocycles. The number of pyridine rings is 1. The van der Waals surface area contributed by atoms with Crippen LogP contribution in [0.15, 0.2) is 29.2 Å². The lowest BCUT2D eigenvalue weighted by Crippen LogP contribution is -2.44. The first-order chi connectivity index (χ1) is 12.1. The van der Waals surface area contributed by atoms with Crippen molar-refractivity contribution in [2.24, 2.45) is 0 Å². The first-order valence-corrected chi connectivity index (χ1v) is 8.90. The van der Waals surface area contributed by atoms with E-state index >= 15 is 0 Å². The smallest absolute Gasteiger partial charge is 0.332 e. The Kier molecular flexibility index (Phi) is 3.91. The van der Waals surface area contributed by atoms with Crippen molar-refractivity contribution in [1.29, 1.82) is 0 Å². The summed E-state index contributed by atoms with van der Waals surface area (Å²) in [5.41, 5.74) is 1.06. The first-order valence-electron chi connectivity index (χ1n) is 8.08. The van der Waals surface area contributed by atoms with Gasteiger partial charge in [0.2, 0.25) is 5.91 Å². The van der Waals surface area contributed by atoms with E-state index in [0.29, 0.717) is 18.6 Å². The second kappa shape index (κ2) is 6.11. The largest absolute Gasteiger partial charge is 0.341 e. The van der Waals surface area contributed by atoms with Crippen LogP contribution in [-0.4, -0.2) is 38.0 Å². The Morgan fingerprint density at radius 3 is 2.72 bits per heavy atom. The molecule has 0 saturated carbocycles. The van der Waals surface area contributed by atoms with Crippen molar-refractivity contribution in [3.8, 4) is 10.4 Å². The van der Waals surface area contributed by atoms with E-state index in [2.05, 4.69) is 4.98 Å². The molecule has 8 heteroatoms. The number of aryl methyl sites for hydroxylation is 1. The predicted molar refractivity (Wildman–Crippen MR) is 94.3 cm³/mol. The minimum Gasteiger partial charge on any atom is -0.341 e. The van der Waals surface area contributed by atoms with Crippen LogP contribution in [0.1, 0.15) is 11.3 Å². The number of thiophene rings is 1. The van der Waals surface area contributed by atoms with Gasteiger partial charge < -0.3 is 4.90 Å². The van der Waals surface area contributed by atoms with Crippen LogP contribution in [0.2, 0.25) is 0 Å². The number of alkyl halides is 1. The molecule has 0 atom stereocenters. The van der Waals surface area contributed by atoms with E-state index in [1.165, 1.54) is 9.44 Å². The number of hydrogen-bond donors (Lipinski definition) is 0. The fraction of sp³-hybridized carbons (Fsp3) is 0.353. The Labute approximate surface area is 147 Å². The fourth-order valence-corrected chi connectivity index (χ4v) is 3.83. The number of hydrogen-bond acceptors (Lipinski definition) is 4. The molecule has 0 N–H and O–H groups in total. The lowest BCUT2D eigenvalue weighted by molar-refractivity contribution is -0.135. The number of carbonyl (C=O) groups excluding carboxylic acids is 1. The van der Waals surface area contributed by atoms with E-state index in [-0.39, 0.29) is 18.1 Å². The van der Waals surface area contributed by atoms with Crippen molar-refractivity contribution < 1.29 is 9.18 Å². The lowest BCUT2D eigenvalue weighted by atomic mass is 10.2. The zero-order valence-corrected chi connectivity index (χ0v) is 14.6. The van der Waals surface area contributed by atoms with Gasteiger partial charge in [0.15, 0.2) is 12.4 Å². The van der Waals surface area contributed by atoms with Crippen molar-refractivity contribution in [2.75, 3.05) is 13.1 Å². The molecule has 0 radical (unpaired) electrons. The van der Waals surface area contributed by atoms with Gasteiger partial charge in [0.05, 0.1) is 5.52 Å².